The van der Waals surface area contributed by atoms with Crippen molar-refractivity contribution >= 4 is 11.6 Å². The zero-order valence-corrected chi connectivity index (χ0v) is 13.3. The second-order valence-electron chi connectivity index (χ2n) is 6.04. The molecule has 0 aromatic heterocycles. The molecule has 0 saturated carbocycles. The number of anilines is 1. The minimum atomic E-state index is 0.114. The van der Waals surface area contributed by atoms with Crippen molar-refractivity contribution in [3.63, 3.8) is 0 Å². The molecular weight excluding hydrogens is 262 g/mol. The predicted octanol–water partition coefficient (Wildman–Crippen LogP) is 1.90. The van der Waals surface area contributed by atoms with Crippen molar-refractivity contribution < 1.29 is 4.79 Å². The van der Waals surface area contributed by atoms with Gasteiger partial charge in [0.1, 0.15) is 0 Å². The molecule has 0 atom stereocenters. The lowest BCUT2D eigenvalue weighted by molar-refractivity contribution is -0.120. The second-order valence-corrected chi connectivity index (χ2v) is 6.04. The molecule has 4 nitrogen and oxygen atoms in total. The summed E-state index contributed by atoms with van der Waals surface area (Å²) in [5, 5.41) is 2.98. The first-order chi connectivity index (χ1) is 10.1. The Morgan fingerprint density at radius 3 is 2.48 bits per heavy atom. The third kappa shape index (κ3) is 5.38. The Kier molecular flexibility index (Phi) is 6.05. The number of nitrogens with zero attached hydrogens (tertiary/aromatic N) is 2. The number of amides is 1. The molecule has 0 bridgehead atoms. The van der Waals surface area contributed by atoms with Crippen molar-refractivity contribution in [3.8, 4) is 0 Å². The number of benzene rings is 1. The summed E-state index contributed by atoms with van der Waals surface area (Å²) in [4.78, 5) is 16.4. The zero-order valence-electron chi connectivity index (χ0n) is 13.3. The molecule has 1 aliphatic rings. The minimum absolute atomic E-state index is 0.114. The van der Waals surface area contributed by atoms with Crippen molar-refractivity contribution in [3.05, 3.63) is 29.8 Å². The molecule has 0 unspecified atom stereocenters. The molecule has 1 aromatic rings. The first kappa shape index (κ1) is 15.8. The van der Waals surface area contributed by atoms with Crippen LogP contribution in [0.3, 0.4) is 0 Å². The van der Waals surface area contributed by atoms with Crippen molar-refractivity contribution in [2.24, 2.45) is 0 Å². The molecule has 1 aromatic carbocycles. The summed E-state index contributed by atoms with van der Waals surface area (Å²) in [5.74, 6) is 0.114. The highest BCUT2D eigenvalue weighted by atomic mass is 16.1. The molecule has 1 N–H and O–H groups in total. The van der Waals surface area contributed by atoms with E-state index in [1.54, 1.807) is 0 Å². The van der Waals surface area contributed by atoms with E-state index < -0.39 is 0 Å². The van der Waals surface area contributed by atoms with Gasteiger partial charge in [0, 0.05) is 25.3 Å². The monoisotopic (exact) mass is 289 g/mol. The summed E-state index contributed by atoms with van der Waals surface area (Å²) in [7, 11) is 4.09. The summed E-state index contributed by atoms with van der Waals surface area (Å²) in [5.41, 5.74) is 2.37. The van der Waals surface area contributed by atoms with E-state index in [-0.39, 0.29) is 5.91 Å². The van der Waals surface area contributed by atoms with Gasteiger partial charge in [-0.15, -0.1) is 0 Å². The summed E-state index contributed by atoms with van der Waals surface area (Å²) < 4.78 is 0. The van der Waals surface area contributed by atoms with Crippen LogP contribution in [0.15, 0.2) is 24.3 Å². The summed E-state index contributed by atoms with van der Waals surface area (Å²) in [6, 6.07) is 8.43. The van der Waals surface area contributed by atoms with Gasteiger partial charge >= 0.3 is 0 Å². The predicted molar refractivity (Wildman–Crippen MR) is 87.8 cm³/mol. The first-order valence-corrected chi connectivity index (χ1v) is 7.90. The fourth-order valence-electron chi connectivity index (χ4n) is 2.67. The fraction of sp³-hybridized carbons (Fsp3) is 0.588. The zero-order chi connectivity index (χ0) is 15.1. The van der Waals surface area contributed by atoms with Gasteiger partial charge in [-0.1, -0.05) is 12.1 Å². The van der Waals surface area contributed by atoms with Crippen LogP contribution in [0.5, 0.6) is 0 Å². The van der Waals surface area contributed by atoms with Gasteiger partial charge in [0.25, 0.3) is 0 Å². The van der Waals surface area contributed by atoms with Crippen molar-refractivity contribution in [2.45, 2.75) is 25.7 Å². The van der Waals surface area contributed by atoms with E-state index in [4.69, 9.17) is 0 Å². The van der Waals surface area contributed by atoms with Crippen LogP contribution in [0, 0.1) is 0 Å². The summed E-state index contributed by atoms with van der Waals surface area (Å²) in [6.45, 7) is 4.07. The number of hydrogen-bond acceptors (Lipinski definition) is 3. The molecule has 2 rings (SSSR count). The smallest absolute Gasteiger partial charge is 0.224 e. The fourth-order valence-corrected chi connectivity index (χ4v) is 2.67. The quantitative estimate of drug-likeness (QED) is 0.779. The van der Waals surface area contributed by atoms with Gasteiger partial charge in [-0.3, -0.25) is 4.79 Å². The maximum Gasteiger partial charge on any atom is 0.224 e. The van der Waals surface area contributed by atoms with Crippen molar-refractivity contribution in [2.75, 3.05) is 45.2 Å². The Morgan fingerprint density at radius 1 is 1.19 bits per heavy atom. The minimum Gasteiger partial charge on any atom is -0.372 e. The van der Waals surface area contributed by atoms with Crippen LogP contribution >= 0.6 is 0 Å². The van der Waals surface area contributed by atoms with Crippen molar-refractivity contribution in [1.29, 1.82) is 0 Å². The second kappa shape index (κ2) is 8.03. The van der Waals surface area contributed by atoms with E-state index in [2.05, 4.69) is 39.4 Å². The highest BCUT2D eigenvalue weighted by Crippen LogP contribution is 2.20. The number of carbonyl (C=O) groups excluding carboxylic acids is 1. The summed E-state index contributed by atoms with van der Waals surface area (Å²) in [6.07, 6.45) is 4.04. The number of nitrogens with one attached hydrogen (secondary N) is 1. The van der Waals surface area contributed by atoms with Crippen LogP contribution in [0.2, 0.25) is 0 Å². The Hall–Kier alpha value is -1.55. The Labute approximate surface area is 128 Å². The average Bonchev–Trinajstić information content (AvgIpc) is 2.98. The number of carbonyl (C=O) groups is 1. The van der Waals surface area contributed by atoms with E-state index >= 15 is 0 Å². The molecule has 0 radical (unpaired) electrons. The topological polar surface area (TPSA) is 35.6 Å². The molecule has 4 heteroatoms. The van der Waals surface area contributed by atoms with Gasteiger partial charge in [0.15, 0.2) is 0 Å². The van der Waals surface area contributed by atoms with E-state index in [0.29, 0.717) is 6.42 Å². The summed E-state index contributed by atoms with van der Waals surface area (Å²) >= 11 is 0. The Morgan fingerprint density at radius 2 is 1.86 bits per heavy atom. The lowest BCUT2D eigenvalue weighted by Gasteiger charge is -2.17. The largest absolute Gasteiger partial charge is 0.372 e. The lowest BCUT2D eigenvalue weighted by atomic mass is 10.1. The van der Waals surface area contributed by atoms with Gasteiger partial charge in [-0.05, 0) is 57.6 Å². The molecule has 21 heavy (non-hydrogen) atoms. The van der Waals surface area contributed by atoms with Gasteiger partial charge in [-0.2, -0.15) is 0 Å². The Bertz CT molecular complexity index is 436. The van der Waals surface area contributed by atoms with Crippen LogP contribution in [0.25, 0.3) is 0 Å². The average molecular weight is 289 g/mol. The van der Waals surface area contributed by atoms with Gasteiger partial charge in [0.2, 0.25) is 5.91 Å². The number of rotatable bonds is 7. The molecule has 0 aliphatic carbocycles. The van der Waals surface area contributed by atoms with Crippen LogP contribution in [-0.2, 0) is 11.2 Å². The third-order valence-corrected chi connectivity index (χ3v) is 3.88. The molecule has 1 saturated heterocycles. The highest BCUT2D eigenvalue weighted by Gasteiger charge is 2.12. The number of hydrogen-bond donors (Lipinski definition) is 1. The van der Waals surface area contributed by atoms with E-state index in [0.717, 1.165) is 38.2 Å². The lowest BCUT2D eigenvalue weighted by Crippen LogP contribution is -2.28. The molecule has 1 aliphatic heterocycles. The van der Waals surface area contributed by atoms with Crippen LogP contribution < -0.4 is 10.2 Å². The molecule has 1 fully saturated rings. The van der Waals surface area contributed by atoms with Gasteiger partial charge < -0.3 is 15.1 Å². The Balaban J connectivity index is 1.73. The highest BCUT2D eigenvalue weighted by molar-refractivity contribution is 5.78. The van der Waals surface area contributed by atoms with E-state index in [1.807, 2.05) is 14.1 Å². The van der Waals surface area contributed by atoms with Gasteiger partial charge in [-0.25, -0.2) is 0 Å². The molecular formula is C17H27N3O. The third-order valence-electron chi connectivity index (χ3n) is 3.88. The molecule has 0 spiro atoms. The standard InChI is InChI=1S/C17H27N3O/c1-19(2)11-5-10-18-17(21)14-15-6-8-16(9-7-15)20-12-3-4-13-20/h6-9H,3-5,10-14H2,1-2H3,(H,18,21). The van der Waals surface area contributed by atoms with Crippen molar-refractivity contribution in [1.82, 2.24) is 10.2 Å². The van der Waals surface area contributed by atoms with Crippen LogP contribution in [-0.4, -0.2) is 51.1 Å². The van der Waals surface area contributed by atoms with Crippen LogP contribution in [0.1, 0.15) is 24.8 Å². The van der Waals surface area contributed by atoms with Gasteiger partial charge in [0.05, 0.1) is 6.42 Å². The van der Waals surface area contributed by atoms with E-state index in [9.17, 15) is 4.79 Å². The maximum atomic E-state index is 11.9. The maximum absolute atomic E-state index is 11.9. The molecule has 1 heterocycles. The SMILES string of the molecule is CN(C)CCCNC(=O)Cc1ccc(N2CCCC2)cc1. The van der Waals surface area contributed by atoms with E-state index in [1.165, 1.54) is 18.5 Å². The first-order valence-electron chi connectivity index (χ1n) is 7.90. The normalized spacial score (nSPS) is 14.7. The van der Waals surface area contributed by atoms with Crippen LogP contribution in [0.4, 0.5) is 5.69 Å². The molecule has 1 amide bonds. The molecule has 116 valence electrons.